The minimum Gasteiger partial charge on any atom is -0.491 e. The lowest BCUT2D eigenvalue weighted by molar-refractivity contribution is 0.148. The predicted octanol–water partition coefficient (Wildman–Crippen LogP) is 2.93. The van der Waals surface area contributed by atoms with Gasteiger partial charge in [-0.15, -0.1) is 0 Å². The van der Waals surface area contributed by atoms with Crippen LogP contribution in [-0.2, 0) is 6.54 Å². The molecule has 21 heavy (non-hydrogen) atoms. The molecule has 1 fully saturated rings. The van der Waals surface area contributed by atoms with Gasteiger partial charge in [0, 0.05) is 31.7 Å². The first-order valence-electron chi connectivity index (χ1n) is 7.42. The molecular formula is C16H25ClN2O2. The Morgan fingerprint density at radius 2 is 2.14 bits per heavy atom. The first-order valence-corrected chi connectivity index (χ1v) is 7.79. The minimum atomic E-state index is 0.150. The summed E-state index contributed by atoms with van der Waals surface area (Å²) < 4.78 is 11.0. The number of nitrogens with zero attached hydrogens (tertiary/aromatic N) is 1. The van der Waals surface area contributed by atoms with Crippen molar-refractivity contribution in [3.05, 3.63) is 22.7 Å². The molecule has 1 N–H and O–H groups in total. The largest absolute Gasteiger partial charge is 0.491 e. The van der Waals surface area contributed by atoms with Crippen molar-refractivity contribution >= 4 is 11.6 Å². The lowest BCUT2D eigenvalue weighted by Crippen LogP contribution is -2.56. The van der Waals surface area contributed by atoms with Crippen molar-refractivity contribution in [1.29, 1.82) is 0 Å². The van der Waals surface area contributed by atoms with E-state index in [9.17, 15) is 0 Å². The Labute approximate surface area is 132 Å². The summed E-state index contributed by atoms with van der Waals surface area (Å²) in [5.41, 5.74) is 1.30. The fourth-order valence-electron chi connectivity index (χ4n) is 2.81. The van der Waals surface area contributed by atoms with E-state index in [0.29, 0.717) is 17.4 Å². The molecular weight excluding hydrogens is 288 g/mol. The van der Waals surface area contributed by atoms with Crippen LogP contribution < -0.4 is 14.8 Å². The molecule has 5 heteroatoms. The maximum Gasteiger partial charge on any atom is 0.179 e. The SMILES string of the molecule is CCOc1cc(CN2CCNC(C)(C)C2)cc(Cl)c1OC. The third-order valence-corrected chi connectivity index (χ3v) is 3.91. The van der Waals surface area contributed by atoms with Crippen molar-refractivity contribution in [1.82, 2.24) is 10.2 Å². The second kappa shape index (κ2) is 6.86. The molecule has 0 saturated carbocycles. The highest BCUT2D eigenvalue weighted by Crippen LogP contribution is 2.36. The zero-order chi connectivity index (χ0) is 15.5. The van der Waals surface area contributed by atoms with Crippen molar-refractivity contribution < 1.29 is 9.47 Å². The number of rotatable bonds is 5. The van der Waals surface area contributed by atoms with Gasteiger partial charge in [-0.2, -0.15) is 0 Å². The quantitative estimate of drug-likeness (QED) is 0.906. The Hall–Kier alpha value is -0.970. The molecule has 1 aromatic carbocycles. The number of ether oxygens (including phenoxy) is 2. The van der Waals surface area contributed by atoms with Crippen LogP contribution in [0.3, 0.4) is 0 Å². The van der Waals surface area contributed by atoms with Gasteiger partial charge in [-0.05, 0) is 38.5 Å². The normalized spacial score (nSPS) is 18.5. The van der Waals surface area contributed by atoms with Crippen LogP contribution in [-0.4, -0.2) is 43.8 Å². The van der Waals surface area contributed by atoms with Gasteiger partial charge < -0.3 is 14.8 Å². The van der Waals surface area contributed by atoms with Crippen LogP contribution in [0.15, 0.2) is 12.1 Å². The third kappa shape index (κ3) is 4.25. The van der Waals surface area contributed by atoms with Gasteiger partial charge in [-0.1, -0.05) is 11.6 Å². The van der Waals surface area contributed by atoms with E-state index in [1.54, 1.807) is 7.11 Å². The topological polar surface area (TPSA) is 33.7 Å². The Morgan fingerprint density at radius 3 is 2.76 bits per heavy atom. The average Bonchev–Trinajstić information content (AvgIpc) is 2.37. The summed E-state index contributed by atoms with van der Waals surface area (Å²) in [5, 5.41) is 4.13. The summed E-state index contributed by atoms with van der Waals surface area (Å²) in [4.78, 5) is 2.43. The number of nitrogens with one attached hydrogen (secondary N) is 1. The number of benzene rings is 1. The van der Waals surface area contributed by atoms with E-state index in [1.165, 1.54) is 0 Å². The molecule has 0 spiro atoms. The Morgan fingerprint density at radius 1 is 1.38 bits per heavy atom. The van der Waals surface area contributed by atoms with Crippen LogP contribution in [0.4, 0.5) is 0 Å². The highest BCUT2D eigenvalue weighted by atomic mass is 35.5. The second-order valence-corrected chi connectivity index (χ2v) is 6.47. The molecule has 2 rings (SSSR count). The maximum atomic E-state index is 6.31. The maximum absolute atomic E-state index is 6.31. The first kappa shape index (κ1) is 16.4. The van der Waals surface area contributed by atoms with E-state index in [2.05, 4.69) is 24.1 Å². The molecule has 0 aliphatic carbocycles. The smallest absolute Gasteiger partial charge is 0.179 e. The zero-order valence-electron chi connectivity index (χ0n) is 13.3. The molecule has 1 aromatic rings. The van der Waals surface area contributed by atoms with Gasteiger partial charge in [0.2, 0.25) is 0 Å². The molecule has 1 saturated heterocycles. The van der Waals surface area contributed by atoms with E-state index < -0.39 is 0 Å². The summed E-state index contributed by atoms with van der Waals surface area (Å²) in [6, 6.07) is 4.00. The van der Waals surface area contributed by atoms with Crippen LogP contribution in [0.5, 0.6) is 11.5 Å². The van der Waals surface area contributed by atoms with Gasteiger partial charge in [-0.3, -0.25) is 4.90 Å². The summed E-state index contributed by atoms with van der Waals surface area (Å²) in [6.45, 7) is 10.9. The van der Waals surface area contributed by atoms with Gasteiger partial charge in [0.25, 0.3) is 0 Å². The van der Waals surface area contributed by atoms with Crippen LogP contribution in [0.2, 0.25) is 5.02 Å². The van der Waals surface area contributed by atoms with Crippen molar-refractivity contribution in [2.45, 2.75) is 32.9 Å². The van der Waals surface area contributed by atoms with Gasteiger partial charge in [-0.25, -0.2) is 0 Å². The summed E-state index contributed by atoms with van der Waals surface area (Å²) in [5.74, 6) is 1.33. The van der Waals surface area contributed by atoms with E-state index in [-0.39, 0.29) is 5.54 Å². The van der Waals surface area contributed by atoms with Gasteiger partial charge in [0.05, 0.1) is 18.7 Å². The molecule has 0 radical (unpaired) electrons. The molecule has 0 unspecified atom stereocenters. The van der Waals surface area contributed by atoms with Gasteiger partial charge in [0.15, 0.2) is 11.5 Å². The Bertz CT molecular complexity index is 491. The summed E-state index contributed by atoms with van der Waals surface area (Å²) >= 11 is 6.31. The predicted molar refractivity (Wildman–Crippen MR) is 86.5 cm³/mol. The number of hydrogen-bond donors (Lipinski definition) is 1. The fourth-order valence-corrected chi connectivity index (χ4v) is 3.12. The summed E-state index contributed by atoms with van der Waals surface area (Å²) in [6.07, 6.45) is 0. The van der Waals surface area contributed by atoms with E-state index in [1.807, 2.05) is 19.1 Å². The lowest BCUT2D eigenvalue weighted by atomic mass is 10.0. The summed E-state index contributed by atoms with van der Waals surface area (Å²) in [7, 11) is 1.61. The lowest BCUT2D eigenvalue weighted by Gasteiger charge is -2.39. The van der Waals surface area contributed by atoms with Crippen molar-refractivity contribution in [2.24, 2.45) is 0 Å². The molecule has 1 heterocycles. The minimum absolute atomic E-state index is 0.150. The Balaban J connectivity index is 2.16. The molecule has 0 atom stereocenters. The average molecular weight is 313 g/mol. The molecule has 0 aromatic heterocycles. The van der Waals surface area contributed by atoms with Crippen molar-refractivity contribution in [3.8, 4) is 11.5 Å². The van der Waals surface area contributed by atoms with Crippen LogP contribution >= 0.6 is 11.6 Å². The monoisotopic (exact) mass is 312 g/mol. The number of halogens is 1. The molecule has 1 aliphatic heterocycles. The molecule has 0 amide bonds. The molecule has 1 aliphatic rings. The standard InChI is InChI=1S/C16H25ClN2O2/c1-5-21-14-9-12(8-13(17)15(14)20-4)10-19-7-6-18-16(2,3)11-19/h8-9,18H,5-7,10-11H2,1-4H3. The van der Waals surface area contributed by atoms with E-state index in [0.717, 1.165) is 37.5 Å². The highest BCUT2D eigenvalue weighted by molar-refractivity contribution is 6.32. The molecule has 0 bridgehead atoms. The number of piperazine rings is 1. The number of hydrogen-bond acceptors (Lipinski definition) is 4. The molecule has 4 nitrogen and oxygen atoms in total. The zero-order valence-corrected chi connectivity index (χ0v) is 14.1. The second-order valence-electron chi connectivity index (χ2n) is 6.06. The van der Waals surface area contributed by atoms with Crippen LogP contribution in [0.25, 0.3) is 0 Å². The third-order valence-electron chi connectivity index (χ3n) is 3.63. The van der Waals surface area contributed by atoms with Crippen LogP contribution in [0.1, 0.15) is 26.3 Å². The van der Waals surface area contributed by atoms with Gasteiger partial charge >= 0.3 is 0 Å². The van der Waals surface area contributed by atoms with Crippen LogP contribution in [0, 0.1) is 0 Å². The van der Waals surface area contributed by atoms with E-state index >= 15 is 0 Å². The number of methoxy groups -OCH3 is 1. The first-order chi connectivity index (χ1) is 9.95. The molecule has 118 valence electrons. The van der Waals surface area contributed by atoms with Crippen molar-refractivity contribution in [3.63, 3.8) is 0 Å². The van der Waals surface area contributed by atoms with E-state index in [4.69, 9.17) is 21.1 Å². The van der Waals surface area contributed by atoms with Gasteiger partial charge in [0.1, 0.15) is 0 Å². The van der Waals surface area contributed by atoms with Crippen molar-refractivity contribution in [2.75, 3.05) is 33.4 Å². The fraction of sp³-hybridized carbons (Fsp3) is 0.625. The Kier molecular flexibility index (Phi) is 5.36. The highest BCUT2D eigenvalue weighted by Gasteiger charge is 2.25.